The first-order chi connectivity index (χ1) is 34.7. The van der Waals surface area contributed by atoms with Crippen LogP contribution in [-0.2, 0) is 0 Å². The normalized spacial score (nSPS) is 11.4. The van der Waals surface area contributed by atoms with Gasteiger partial charge in [0.1, 0.15) is 0 Å². The molecule has 0 amide bonds. The number of aromatic nitrogens is 5. The average molecular weight is 898 g/mol. The third-order valence-electron chi connectivity index (χ3n) is 13.1. The van der Waals surface area contributed by atoms with E-state index in [-0.39, 0.29) is 0 Å². The lowest BCUT2D eigenvalue weighted by Gasteiger charge is -2.25. The van der Waals surface area contributed by atoms with Crippen molar-refractivity contribution >= 4 is 77.7 Å². The van der Waals surface area contributed by atoms with E-state index in [0.29, 0.717) is 17.6 Å². The highest BCUT2D eigenvalue weighted by atomic mass is 15.2. The molecular weight excluding hydrogens is 855 g/mol. The molecule has 0 unspecified atom stereocenters. The highest BCUT2D eigenvalue weighted by Crippen LogP contribution is 2.46. The molecular formula is C63H43N7. The number of rotatable bonds is 10. The third-order valence-corrected chi connectivity index (χ3v) is 13.1. The van der Waals surface area contributed by atoms with Gasteiger partial charge in [-0.15, -0.1) is 0 Å². The molecule has 70 heavy (non-hydrogen) atoms. The molecule has 0 aliphatic heterocycles. The zero-order valence-electron chi connectivity index (χ0n) is 38.0. The summed E-state index contributed by atoms with van der Waals surface area (Å²) in [6, 6.07) is 91.6. The first kappa shape index (κ1) is 40.7. The van der Waals surface area contributed by atoms with Crippen LogP contribution < -0.4 is 9.80 Å². The molecule has 13 aromatic rings. The van der Waals surface area contributed by atoms with Crippen LogP contribution in [0.25, 0.3) is 78.0 Å². The van der Waals surface area contributed by atoms with Crippen LogP contribution in [0.3, 0.4) is 0 Å². The van der Waals surface area contributed by atoms with E-state index >= 15 is 0 Å². The molecule has 10 aromatic carbocycles. The van der Waals surface area contributed by atoms with Gasteiger partial charge in [-0.3, -0.25) is 4.57 Å². The van der Waals surface area contributed by atoms with Crippen molar-refractivity contribution in [1.82, 2.24) is 24.1 Å². The average Bonchev–Trinajstić information content (AvgIpc) is 3.95. The minimum Gasteiger partial charge on any atom is -0.310 e. The van der Waals surface area contributed by atoms with Crippen molar-refractivity contribution in [3.63, 3.8) is 0 Å². The maximum atomic E-state index is 5.41. The van der Waals surface area contributed by atoms with Crippen molar-refractivity contribution in [3.05, 3.63) is 261 Å². The summed E-state index contributed by atoms with van der Waals surface area (Å²) in [5, 5.41) is 4.37. The SMILES string of the molecule is c1ccc(-c2nc(-c3ccccc3)nc(-n3c4ccc(N(c5ccccc5)c5ccccc5)cc4c4ccc5c6cc(N(c7ccccc7)c7ccccc7)ccc6n(-c6ccccc6)c5c43)n2)cc1. The first-order valence-electron chi connectivity index (χ1n) is 23.5. The lowest BCUT2D eigenvalue weighted by Crippen LogP contribution is -2.10. The topological polar surface area (TPSA) is 55.0 Å². The molecule has 0 aliphatic rings. The van der Waals surface area contributed by atoms with Crippen LogP contribution in [0, 0.1) is 0 Å². The minimum absolute atomic E-state index is 0.529. The van der Waals surface area contributed by atoms with Crippen LogP contribution in [0.4, 0.5) is 34.1 Å². The molecule has 13 rings (SSSR count). The Morgan fingerprint density at radius 1 is 0.271 bits per heavy atom. The largest absolute Gasteiger partial charge is 0.310 e. The van der Waals surface area contributed by atoms with Gasteiger partial charge < -0.3 is 14.4 Å². The Balaban J connectivity index is 1.16. The zero-order valence-corrected chi connectivity index (χ0v) is 38.0. The number of anilines is 6. The lowest BCUT2D eigenvalue weighted by atomic mass is 10.1. The van der Waals surface area contributed by atoms with Crippen molar-refractivity contribution in [2.24, 2.45) is 0 Å². The maximum absolute atomic E-state index is 5.41. The summed E-state index contributed by atoms with van der Waals surface area (Å²) in [6.45, 7) is 0. The fraction of sp³-hybridized carbons (Fsp3) is 0. The predicted octanol–water partition coefficient (Wildman–Crippen LogP) is 16.3. The first-order valence-corrected chi connectivity index (χ1v) is 23.5. The van der Waals surface area contributed by atoms with Crippen LogP contribution in [0.15, 0.2) is 261 Å². The lowest BCUT2D eigenvalue weighted by molar-refractivity contribution is 0.953. The van der Waals surface area contributed by atoms with Crippen LogP contribution in [-0.4, -0.2) is 24.1 Å². The Hall–Kier alpha value is -9.59. The van der Waals surface area contributed by atoms with E-state index in [1.165, 1.54) is 0 Å². The van der Waals surface area contributed by atoms with E-state index in [2.05, 4.69) is 243 Å². The smallest absolute Gasteiger partial charge is 0.238 e. The molecule has 0 fully saturated rings. The standard InChI is InChI=1S/C63H43N7/c1-8-22-44(23-9-1)61-64-62(45-24-10-2-11-25-45)66-63(65-61)70-58-41-37-52(68(48-30-16-5-17-31-48)49-32-18-6-19-33-49)43-56(58)54-39-38-53-55-42-51(67(46-26-12-3-13-27-46)47-28-14-4-15-29-47)36-40-57(55)69(59(53)60(54)70)50-34-20-7-21-35-50/h1-43H. The second kappa shape index (κ2) is 17.2. The van der Waals surface area contributed by atoms with Crippen LogP contribution in [0.5, 0.6) is 0 Å². The van der Waals surface area contributed by atoms with Gasteiger partial charge in [-0.25, -0.2) is 4.98 Å². The van der Waals surface area contributed by atoms with Gasteiger partial charge in [-0.1, -0.05) is 164 Å². The zero-order chi connectivity index (χ0) is 46.4. The van der Waals surface area contributed by atoms with Gasteiger partial charge in [0.25, 0.3) is 0 Å². The minimum atomic E-state index is 0.529. The fourth-order valence-corrected chi connectivity index (χ4v) is 10.0. The van der Waals surface area contributed by atoms with E-state index in [9.17, 15) is 0 Å². The van der Waals surface area contributed by atoms with Gasteiger partial charge in [-0.2, -0.15) is 9.97 Å². The summed E-state index contributed by atoms with van der Waals surface area (Å²) in [5.74, 6) is 1.72. The van der Waals surface area contributed by atoms with Crippen LogP contribution in [0.2, 0.25) is 0 Å². The van der Waals surface area contributed by atoms with Gasteiger partial charge >= 0.3 is 0 Å². The predicted molar refractivity (Wildman–Crippen MR) is 289 cm³/mol. The van der Waals surface area contributed by atoms with Gasteiger partial charge in [0, 0.05) is 72.5 Å². The summed E-state index contributed by atoms with van der Waals surface area (Å²) in [7, 11) is 0. The molecule has 0 atom stereocenters. The summed E-state index contributed by atoms with van der Waals surface area (Å²) in [4.78, 5) is 20.6. The molecule has 0 bridgehead atoms. The molecule has 7 nitrogen and oxygen atoms in total. The highest BCUT2D eigenvalue weighted by Gasteiger charge is 2.26. The molecule has 7 heteroatoms. The highest BCUT2D eigenvalue weighted by molar-refractivity contribution is 6.24. The molecule has 0 N–H and O–H groups in total. The summed E-state index contributed by atoms with van der Waals surface area (Å²) in [5.41, 5.74) is 13.3. The van der Waals surface area contributed by atoms with Crippen molar-refractivity contribution < 1.29 is 0 Å². The number of nitrogens with zero attached hydrogens (tertiary/aromatic N) is 7. The van der Waals surface area contributed by atoms with E-state index in [4.69, 9.17) is 15.0 Å². The maximum Gasteiger partial charge on any atom is 0.238 e. The number of fused-ring (bicyclic) bond motifs is 7. The van der Waals surface area contributed by atoms with E-state index in [0.717, 1.165) is 94.6 Å². The molecule has 0 aliphatic carbocycles. The third kappa shape index (κ3) is 7.04. The van der Waals surface area contributed by atoms with Gasteiger partial charge in [-0.05, 0) is 97.1 Å². The van der Waals surface area contributed by atoms with E-state index in [1.54, 1.807) is 0 Å². The fourth-order valence-electron chi connectivity index (χ4n) is 10.0. The Morgan fingerprint density at radius 2 is 0.614 bits per heavy atom. The summed E-state index contributed by atoms with van der Waals surface area (Å²) >= 11 is 0. The van der Waals surface area contributed by atoms with Crippen molar-refractivity contribution in [2.75, 3.05) is 9.80 Å². The molecule has 330 valence electrons. The van der Waals surface area contributed by atoms with E-state index in [1.807, 2.05) is 36.4 Å². The summed E-state index contributed by atoms with van der Waals surface area (Å²) < 4.78 is 4.69. The molecule has 3 heterocycles. The number of para-hydroxylation sites is 5. The van der Waals surface area contributed by atoms with Crippen molar-refractivity contribution in [3.8, 4) is 34.4 Å². The molecule has 0 saturated heterocycles. The van der Waals surface area contributed by atoms with Gasteiger partial charge in [0.15, 0.2) is 11.6 Å². The molecule has 3 aromatic heterocycles. The Kier molecular flexibility index (Phi) is 10.0. The van der Waals surface area contributed by atoms with Crippen LogP contribution >= 0.6 is 0 Å². The second-order valence-corrected chi connectivity index (χ2v) is 17.3. The second-order valence-electron chi connectivity index (χ2n) is 17.3. The number of hydrogen-bond donors (Lipinski definition) is 0. The van der Waals surface area contributed by atoms with Gasteiger partial charge in [0.05, 0.1) is 22.1 Å². The summed E-state index contributed by atoms with van der Waals surface area (Å²) in [6.07, 6.45) is 0. The quantitative estimate of drug-likeness (QED) is 0.137. The number of hydrogen-bond acceptors (Lipinski definition) is 5. The molecule has 0 saturated carbocycles. The van der Waals surface area contributed by atoms with Gasteiger partial charge in [0.2, 0.25) is 5.95 Å². The Bertz CT molecular complexity index is 3840. The Labute approximate surface area is 405 Å². The van der Waals surface area contributed by atoms with E-state index < -0.39 is 0 Å². The van der Waals surface area contributed by atoms with Crippen molar-refractivity contribution in [2.45, 2.75) is 0 Å². The molecule has 0 spiro atoms. The Morgan fingerprint density at radius 3 is 1.01 bits per heavy atom. The monoisotopic (exact) mass is 897 g/mol. The molecule has 0 radical (unpaired) electrons. The number of benzene rings is 10. The van der Waals surface area contributed by atoms with Crippen molar-refractivity contribution in [1.29, 1.82) is 0 Å². The van der Waals surface area contributed by atoms with Crippen LogP contribution in [0.1, 0.15) is 0 Å².